The second-order valence-electron chi connectivity index (χ2n) is 6.51. The molecule has 1 atom stereocenters. The molecule has 1 unspecified atom stereocenters. The number of benzene rings is 1. The van der Waals surface area contributed by atoms with E-state index in [9.17, 15) is 0 Å². The molecule has 0 bridgehead atoms. The lowest BCUT2D eigenvalue weighted by atomic mass is 10.1. The summed E-state index contributed by atoms with van der Waals surface area (Å²) in [4.78, 5) is 11.2. The Morgan fingerprint density at radius 2 is 2.12 bits per heavy atom. The van der Waals surface area contributed by atoms with Crippen molar-refractivity contribution in [2.45, 2.75) is 19.0 Å². The van der Waals surface area contributed by atoms with Crippen LogP contribution < -0.4 is 16.0 Å². The summed E-state index contributed by atoms with van der Waals surface area (Å²) in [5.74, 6) is 0. The third-order valence-electron chi connectivity index (χ3n) is 4.89. The Balaban J connectivity index is 1.45. The molecule has 1 aromatic heterocycles. The van der Waals surface area contributed by atoms with Gasteiger partial charge < -0.3 is 20.9 Å². The van der Waals surface area contributed by atoms with Crippen molar-refractivity contribution in [1.29, 1.82) is 0 Å². The Morgan fingerprint density at radius 3 is 2.96 bits per heavy atom. The van der Waals surface area contributed by atoms with E-state index in [1.165, 1.54) is 17.7 Å². The van der Waals surface area contributed by atoms with Crippen LogP contribution in [0.2, 0.25) is 0 Å². The molecule has 130 valence electrons. The van der Waals surface area contributed by atoms with E-state index in [0.29, 0.717) is 6.04 Å². The minimum Gasteiger partial charge on any atom is -0.386 e. The fraction of sp³-hybridized carbons (Fsp3) is 0.368. The normalized spacial score (nSPS) is 20.2. The molecule has 0 saturated carbocycles. The molecule has 0 spiro atoms. The first-order valence-electron chi connectivity index (χ1n) is 8.83. The molecule has 2 aliphatic rings. The minimum atomic E-state index is 0.580. The minimum absolute atomic E-state index is 0.580. The van der Waals surface area contributed by atoms with Crippen LogP contribution in [0.1, 0.15) is 12.0 Å². The van der Waals surface area contributed by atoms with Gasteiger partial charge in [0.2, 0.25) is 0 Å². The van der Waals surface area contributed by atoms with Gasteiger partial charge in [0, 0.05) is 50.8 Å². The van der Waals surface area contributed by atoms with Gasteiger partial charge in [0.15, 0.2) is 0 Å². The topological polar surface area (TPSA) is 65.1 Å². The number of nitrogens with zero attached hydrogens (tertiary/aromatic N) is 3. The van der Waals surface area contributed by atoms with Crippen molar-refractivity contribution in [3.05, 3.63) is 59.8 Å². The standard InChI is InChI=1S/C19H24N6/c1-20-15-5-9-25(13-15)19-4-6-21-12-18(19)24-11-14-2-3-16-17(10-14)23-8-7-22-16/h2-4,7-8,10,12,15,20-21,24H,5-6,9,11,13H2,1H3. The zero-order valence-corrected chi connectivity index (χ0v) is 14.5. The van der Waals surface area contributed by atoms with Gasteiger partial charge in [0.05, 0.1) is 22.4 Å². The summed E-state index contributed by atoms with van der Waals surface area (Å²) >= 11 is 0. The monoisotopic (exact) mass is 336 g/mol. The summed E-state index contributed by atoms with van der Waals surface area (Å²) in [5, 5.41) is 10.3. The summed E-state index contributed by atoms with van der Waals surface area (Å²) in [6.45, 7) is 3.81. The number of aromatic nitrogens is 2. The predicted octanol–water partition coefficient (Wildman–Crippen LogP) is 1.34. The van der Waals surface area contributed by atoms with E-state index >= 15 is 0 Å². The smallest absolute Gasteiger partial charge is 0.0890 e. The van der Waals surface area contributed by atoms with Crippen LogP contribution in [-0.4, -0.2) is 47.6 Å². The number of likely N-dealkylation sites (tertiary alicyclic amines) is 1. The van der Waals surface area contributed by atoms with Crippen molar-refractivity contribution in [1.82, 2.24) is 30.8 Å². The molecule has 6 heteroatoms. The van der Waals surface area contributed by atoms with Gasteiger partial charge in [-0.25, -0.2) is 0 Å². The number of nitrogens with one attached hydrogen (secondary N) is 3. The first kappa shape index (κ1) is 15.9. The van der Waals surface area contributed by atoms with Crippen molar-refractivity contribution in [3.8, 4) is 0 Å². The zero-order chi connectivity index (χ0) is 17.1. The highest BCUT2D eigenvalue weighted by Crippen LogP contribution is 2.22. The summed E-state index contributed by atoms with van der Waals surface area (Å²) in [5.41, 5.74) is 5.53. The lowest BCUT2D eigenvalue weighted by molar-refractivity contribution is 0.408. The van der Waals surface area contributed by atoms with Gasteiger partial charge in [-0.3, -0.25) is 9.97 Å². The van der Waals surface area contributed by atoms with Crippen LogP contribution in [0.15, 0.2) is 54.3 Å². The average molecular weight is 336 g/mol. The Kier molecular flexibility index (Phi) is 4.52. The summed E-state index contributed by atoms with van der Waals surface area (Å²) in [6.07, 6.45) is 9.01. The van der Waals surface area contributed by atoms with Gasteiger partial charge in [-0.15, -0.1) is 0 Å². The maximum absolute atomic E-state index is 4.39. The molecule has 4 rings (SSSR count). The Hall–Kier alpha value is -2.60. The molecule has 3 heterocycles. The number of hydrogen-bond acceptors (Lipinski definition) is 6. The van der Waals surface area contributed by atoms with Crippen LogP contribution in [0.5, 0.6) is 0 Å². The third kappa shape index (κ3) is 3.44. The first-order chi connectivity index (χ1) is 12.3. The molecule has 2 aromatic rings. The van der Waals surface area contributed by atoms with E-state index in [1.807, 2.05) is 13.1 Å². The highest BCUT2D eigenvalue weighted by Gasteiger charge is 2.25. The second kappa shape index (κ2) is 7.11. The van der Waals surface area contributed by atoms with Crippen molar-refractivity contribution in [2.24, 2.45) is 0 Å². The number of likely N-dealkylation sites (N-methyl/N-ethyl adjacent to an activating group) is 1. The van der Waals surface area contributed by atoms with Crippen LogP contribution in [-0.2, 0) is 6.54 Å². The van der Waals surface area contributed by atoms with E-state index < -0.39 is 0 Å². The SMILES string of the molecule is CNC1CCN(C2=CCNC=C2NCc2ccc3nccnc3c2)C1. The van der Waals surface area contributed by atoms with Crippen LogP contribution in [0.4, 0.5) is 0 Å². The van der Waals surface area contributed by atoms with Gasteiger partial charge in [-0.05, 0) is 37.2 Å². The van der Waals surface area contributed by atoms with Gasteiger partial charge in [-0.2, -0.15) is 0 Å². The average Bonchev–Trinajstić information content (AvgIpc) is 3.15. The highest BCUT2D eigenvalue weighted by molar-refractivity contribution is 5.74. The van der Waals surface area contributed by atoms with Crippen molar-refractivity contribution in [2.75, 3.05) is 26.7 Å². The van der Waals surface area contributed by atoms with Crippen LogP contribution in [0, 0.1) is 0 Å². The molecule has 1 aromatic carbocycles. The van der Waals surface area contributed by atoms with E-state index in [2.05, 4.69) is 55.2 Å². The molecule has 1 saturated heterocycles. The lowest BCUT2D eigenvalue weighted by Gasteiger charge is -2.28. The second-order valence-corrected chi connectivity index (χ2v) is 6.51. The quantitative estimate of drug-likeness (QED) is 0.766. The fourth-order valence-corrected chi connectivity index (χ4v) is 3.47. The molecule has 0 aliphatic carbocycles. The largest absolute Gasteiger partial charge is 0.386 e. The predicted molar refractivity (Wildman–Crippen MR) is 99.6 cm³/mol. The molecule has 2 aliphatic heterocycles. The molecule has 0 radical (unpaired) electrons. The molecule has 6 nitrogen and oxygen atoms in total. The van der Waals surface area contributed by atoms with Gasteiger partial charge >= 0.3 is 0 Å². The lowest BCUT2D eigenvalue weighted by Crippen LogP contribution is -2.34. The van der Waals surface area contributed by atoms with Gasteiger partial charge in [-0.1, -0.05) is 6.07 Å². The highest BCUT2D eigenvalue weighted by atomic mass is 15.2. The van der Waals surface area contributed by atoms with Crippen molar-refractivity contribution < 1.29 is 0 Å². The maximum atomic E-state index is 4.39. The van der Waals surface area contributed by atoms with Crippen molar-refractivity contribution >= 4 is 11.0 Å². The first-order valence-corrected chi connectivity index (χ1v) is 8.83. The Bertz CT molecular complexity index is 812. The number of hydrogen-bond donors (Lipinski definition) is 3. The molecular weight excluding hydrogens is 312 g/mol. The van der Waals surface area contributed by atoms with Gasteiger partial charge in [0.25, 0.3) is 0 Å². The van der Waals surface area contributed by atoms with Crippen LogP contribution >= 0.6 is 0 Å². The van der Waals surface area contributed by atoms with E-state index in [0.717, 1.165) is 42.9 Å². The summed E-state index contributed by atoms with van der Waals surface area (Å²) in [7, 11) is 2.04. The molecular formula is C19H24N6. The van der Waals surface area contributed by atoms with Gasteiger partial charge in [0.1, 0.15) is 0 Å². The van der Waals surface area contributed by atoms with Crippen LogP contribution in [0.3, 0.4) is 0 Å². The molecule has 0 amide bonds. The number of rotatable bonds is 5. The van der Waals surface area contributed by atoms with Crippen LogP contribution in [0.25, 0.3) is 11.0 Å². The number of dihydropyridines is 1. The summed E-state index contributed by atoms with van der Waals surface area (Å²) < 4.78 is 0. The van der Waals surface area contributed by atoms with E-state index in [4.69, 9.17) is 0 Å². The Morgan fingerprint density at radius 1 is 1.24 bits per heavy atom. The molecule has 1 fully saturated rings. The molecule has 25 heavy (non-hydrogen) atoms. The molecule has 3 N–H and O–H groups in total. The number of fused-ring (bicyclic) bond motifs is 1. The zero-order valence-electron chi connectivity index (χ0n) is 14.5. The maximum Gasteiger partial charge on any atom is 0.0890 e. The fourth-order valence-electron chi connectivity index (χ4n) is 3.47. The summed E-state index contributed by atoms with van der Waals surface area (Å²) in [6, 6.07) is 6.82. The van der Waals surface area contributed by atoms with E-state index in [1.54, 1.807) is 12.4 Å². The van der Waals surface area contributed by atoms with Crippen molar-refractivity contribution in [3.63, 3.8) is 0 Å². The third-order valence-corrected chi connectivity index (χ3v) is 4.89. The van der Waals surface area contributed by atoms with E-state index in [-0.39, 0.29) is 0 Å². The Labute approximate surface area is 148 Å².